The quantitative estimate of drug-likeness (QED) is 0.154. The lowest BCUT2D eigenvalue weighted by atomic mass is 9.50. The first-order valence-corrected chi connectivity index (χ1v) is 15.7. The van der Waals surface area contributed by atoms with Crippen LogP contribution in [-0.2, 0) is 51.9 Å². The molecule has 1 spiro atoms. The molecule has 1 aromatic carbocycles. The standard InChI is InChI=1S/C30H39N3O10.C2HF3O/c1-16(35)27(39)31-11-7-22(37)41-20-6-9-30(43-23(38)8-12-32-28(40)17(2)36)21-14-18-4-5-19(15-34)25-24(18)29(30,26(20)42-25)10-13-33(21)3;3-2(4,5)1-6/h4-6,16-17,21,26,34-36H,7-15H2,1-3H3,(H,31,39)(H,32,40);1H/t16-,17-,21+,26-,29-,30+;/m0./s1. The summed E-state index contributed by atoms with van der Waals surface area (Å²) in [6.45, 7) is 3.02. The van der Waals surface area contributed by atoms with Gasteiger partial charge in [-0.25, -0.2) is 0 Å². The molecule has 1 aromatic rings. The van der Waals surface area contributed by atoms with E-state index in [9.17, 15) is 47.7 Å². The molecule has 0 saturated carbocycles. The van der Waals surface area contributed by atoms with Crippen LogP contribution in [0.3, 0.4) is 0 Å². The molecule has 0 unspecified atom stereocenters. The fourth-order valence-electron chi connectivity index (χ4n) is 7.11. The Morgan fingerprint density at radius 1 is 1.08 bits per heavy atom. The largest absolute Gasteiger partial charge is 0.481 e. The molecule has 2 heterocycles. The molecule has 0 radical (unpaired) electrons. The average molecular weight is 700 g/mol. The minimum absolute atomic E-state index is 0.00707. The molecule has 270 valence electrons. The van der Waals surface area contributed by atoms with Crippen molar-refractivity contribution >= 4 is 30.0 Å². The Hall–Kier alpha value is -4.06. The summed E-state index contributed by atoms with van der Waals surface area (Å²) in [7, 11) is 1.98. The number of piperidine rings is 1. The van der Waals surface area contributed by atoms with E-state index in [1.54, 1.807) is 6.08 Å². The van der Waals surface area contributed by atoms with Gasteiger partial charge in [0.1, 0.15) is 29.3 Å². The summed E-state index contributed by atoms with van der Waals surface area (Å²) < 4.78 is 50.1. The number of amides is 2. The monoisotopic (exact) mass is 699 g/mol. The zero-order chi connectivity index (χ0) is 36.3. The molecule has 6 atom stereocenters. The van der Waals surface area contributed by atoms with Gasteiger partial charge in [0.15, 0.2) is 6.10 Å². The van der Waals surface area contributed by atoms with Crippen molar-refractivity contribution in [1.82, 2.24) is 15.5 Å². The minimum atomic E-state index is -4.64. The van der Waals surface area contributed by atoms with Crippen molar-refractivity contribution in [3.63, 3.8) is 0 Å². The van der Waals surface area contributed by atoms with Gasteiger partial charge in [-0.15, -0.1) is 0 Å². The summed E-state index contributed by atoms with van der Waals surface area (Å²) in [4.78, 5) is 60.6. The third kappa shape index (κ3) is 7.44. The van der Waals surface area contributed by atoms with Crippen molar-refractivity contribution in [1.29, 1.82) is 0 Å². The SMILES string of the molecule is C[C@H](O)C(=O)NCCC(=O)OC1=CC[C@@]2(OC(=O)CCNC(=O)[C@H](C)O)[C@H]3Cc4ccc(CO)c5c4[C@@]2(CCN3C)[C@H]1O5.O=CC(F)(F)F. The van der Waals surface area contributed by atoms with E-state index >= 15 is 0 Å². The predicted octanol–water partition coefficient (Wildman–Crippen LogP) is 0.0725. The number of ether oxygens (including phenoxy) is 3. The second-order valence-electron chi connectivity index (χ2n) is 12.4. The number of alkyl halides is 3. The number of hydrogen-bond donors (Lipinski definition) is 5. The number of likely N-dealkylation sites (tertiary alicyclic amines) is 1. The summed E-state index contributed by atoms with van der Waals surface area (Å²) in [5, 5.41) is 34.0. The van der Waals surface area contributed by atoms with Crippen LogP contribution in [-0.4, -0.2) is 113 Å². The molecule has 5 rings (SSSR count). The maximum absolute atomic E-state index is 13.4. The van der Waals surface area contributed by atoms with Crippen LogP contribution in [0.2, 0.25) is 0 Å². The number of hydrogen-bond acceptors (Lipinski definition) is 12. The Morgan fingerprint density at radius 2 is 1.67 bits per heavy atom. The number of carbonyl (C=O) groups excluding carboxylic acids is 5. The van der Waals surface area contributed by atoms with Crippen LogP contribution in [0.5, 0.6) is 5.75 Å². The van der Waals surface area contributed by atoms with E-state index < -0.39 is 65.5 Å². The van der Waals surface area contributed by atoms with Gasteiger partial charge in [-0.1, -0.05) is 12.1 Å². The van der Waals surface area contributed by atoms with Gasteiger partial charge < -0.3 is 40.2 Å². The Labute approximate surface area is 279 Å². The van der Waals surface area contributed by atoms with E-state index in [0.717, 1.165) is 11.1 Å². The minimum Gasteiger partial charge on any atom is -0.481 e. The van der Waals surface area contributed by atoms with Gasteiger partial charge in [-0.05, 0) is 51.9 Å². The smallest absolute Gasteiger partial charge is 0.446 e. The number of carbonyl (C=O) groups is 5. The van der Waals surface area contributed by atoms with Gasteiger partial charge in [0, 0.05) is 30.6 Å². The molecule has 2 aliphatic heterocycles. The summed E-state index contributed by atoms with van der Waals surface area (Å²) in [5.74, 6) is -1.53. The highest BCUT2D eigenvalue weighted by molar-refractivity contribution is 5.81. The second-order valence-corrected chi connectivity index (χ2v) is 12.4. The first kappa shape index (κ1) is 37.8. The molecule has 5 N–H and O–H groups in total. The normalized spacial score (nSPS) is 25.9. The topological polar surface area (TPSA) is 201 Å². The van der Waals surface area contributed by atoms with Crippen molar-refractivity contribution in [3.8, 4) is 5.75 Å². The van der Waals surface area contributed by atoms with Gasteiger partial charge in [-0.3, -0.25) is 28.9 Å². The Kier molecular flexibility index (Phi) is 11.4. The van der Waals surface area contributed by atoms with Gasteiger partial charge >= 0.3 is 18.1 Å². The molecule has 2 aliphatic carbocycles. The van der Waals surface area contributed by atoms with Gasteiger partial charge in [0.05, 0.1) is 30.9 Å². The van der Waals surface area contributed by atoms with Gasteiger partial charge in [0.25, 0.3) is 0 Å². The van der Waals surface area contributed by atoms with Gasteiger partial charge in [0.2, 0.25) is 18.1 Å². The number of nitrogens with one attached hydrogen (secondary N) is 2. The van der Waals surface area contributed by atoms with Crippen LogP contribution in [0, 0.1) is 0 Å². The van der Waals surface area contributed by atoms with E-state index in [1.807, 2.05) is 19.2 Å². The highest BCUT2D eigenvalue weighted by Crippen LogP contribution is 2.65. The number of aldehydes is 1. The molecule has 49 heavy (non-hydrogen) atoms. The maximum Gasteiger partial charge on any atom is 0.446 e. The van der Waals surface area contributed by atoms with E-state index in [0.29, 0.717) is 30.7 Å². The number of likely N-dealkylation sites (N-methyl/N-ethyl adjacent to an activating group) is 1. The lowest BCUT2D eigenvalue weighted by Gasteiger charge is -2.62. The number of rotatable bonds is 11. The highest BCUT2D eigenvalue weighted by atomic mass is 19.4. The molecule has 17 heteroatoms. The predicted molar refractivity (Wildman–Crippen MR) is 162 cm³/mol. The van der Waals surface area contributed by atoms with Gasteiger partial charge in [-0.2, -0.15) is 13.2 Å². The first-order valence-electron chi connectivity index (χ1n) is 15.7. The first-order chi connectivity index (χ1) is 23.0. The summed E-state index contributed by atoms with van der Waals surface area (Å²) in [5.41, 5.74) is 0.433. The number of aliphatic hydroxyl groups excluding tert-OH is 3. The van der Waals surface area contributed by atoms with Crippen LogP contribution in [0.15, 0.2) is 24.0 Å². The lowest BCUT2D eigenvalue weighted by molar-refractivity contribution is -0.206. The van der Waals surface area contributed by atoms with Crippen LogP contribution >= 0.6 is 0 Å². The molecule has 1 fully saturated rings. The fourth-order valence-corrected chi connectivity index (χ4v) is 7.11. The van der Waals surface area contributed by atoms with Crippen molar-refractivity contribution in [2.75, 3.05) is 26.7 Å². The average Bonchev–Trinajstić information content (AvgIpc) is 3.39. The summed E-state index contributed by atoms with van der Waals surface area (Å²) >= 11 is 0. The molecular formula is C32H40F3N3O11. The van der Waals surface area contributed by atoms with Crippen molar-refractivity contribution < 1.29 is 66.7 Å². The van der Waals surface area contributed by atoms with Crippen molar-refractivity contribution in [2.45, 2.75) is 94.1 Å². The highest BCUT2D eigenvalue weighted by Gasteiger charge is 2.74. The van der Waals surface area contributed by atoms with E-state index in [-0.39, 0.29) is 50.8 Å². The Balaban J connectivity index is 0.000000827. The number of halogens is 3. The third-order valence-corrected chi connectivity index (χ3v) is 9.26. The van der Waals surface area contributed by atoms with Crippen LogP contribution in [0.4, 0.5) is 13.2 Å². The van der Waals surface area contributed by atoms with Crippen molar-refractivity contribution in [2.24, 2.45) is 0 Å². The molecule has 2 bridgehead atoms. The number of benzene rings is 1. The number of esters is 2. The molecule has 0 aromatic heterocycles. The van der Waals surface area contributed by atoms with E-state index in [4.69, 9.17) is 19.0 Å². The molecule has 2 amide bonds. The number of aliphatic hydroxyl groups is 3. The van der Waals surface area contributed by atoms with Crippen LogP contribution in [0.1, 0.15) is 56.2 Å². The molecule has 1 saturated heterocycles. The van der Waals surface area contributed by atoms with E-state index in [1.165, 1.54) is 13.8 Å². The van der Waals surface area contributed by atoms with Crippen LogP contribution in [0.25, 0.3) is 0 Å². The maximum atomic E-state index is 13.4. The summed E-state index contributed by atoms with van der Waals surface area (Å²) in [6.07, 6.45) is -6.14. The van der Waals surface area contributed by atoms with Crippen molar-refractivity contribution in [3.05, 3.63) is 40.7 Å². The van der Waals surface area contributed by atoms with Crippen LogP contribution < -0.4 is 15.4 Å². The Morgan fingerprint density at radius 3 is 2.22 bits per heavy atom. The second kappa shape index (κ2) is 14.8. The Bertz CT molecular complexity index is 1500. The zero-order valence-corrected chi connectivity index (χ0v) is 27.2. The molecule has 14 nitrogen and oxygen atoms in total. The molecular weight excluding hydrogens is 659 g/mol. The number of nitrogens with zero attached hydrogens (tertiary/aromatic N) is 1. The lowest BCUT2D eigenvalue weighted by Crippen LogP contribution is -2.75. The fraction of sp³-hybridized carbons (Fsp3) is 0.594. The molecule has 4 aliphatic rings. The third-order valence-electron chi connectivity index (χ3n) is 9.26. The summed E-state index contributed by atoms with van der Waals surface area (Å²) in [6, 6.07) is 3.56. The zero-order valence-electron chi connectivity index (χ0n) is 27.2. The van der Waals surface area contributed by atoms with E-state index in [2.05, 4.69) is 15.5 Å².